The molecule has 1 atom stereocenters. The lowest BCUT2D eigenvalue weighted by molar-refractivity contribution is -0.148. The van der Waals surface area contributed by atoms with E-state index in [-0.39, 0.29) is 5.57 Å². The van der Waals surface area contributed by atoms with Crippen molar-refractivity contribution in [2.75, 3.05) is 12.4 Å². The number of aryl methyl sites for hydroxylation is 2. The molecule has 0 radical (unpaired) electrons. The molecule has 1 unspecified atom stereocenters. The van der Waals surface area contributed by atoms with Gasteiger partial charge in [-0.25, -0.2) is 4.79 Å². The Morgan fingerprint density at radius 2 is 1.88 bits per heavy atom. The van der Waals surface area contributed by atoms with Gasteiger partial charge < -0.3 is 19.4 Å². The standard InChI is InChI=1S/C26H33N3O4/c1-16(2)10-11-29-18(4)13-21(19(29)5)14-22(15-27)26(31)33-20(6)25(30)28-23-12-17(3)8-9-24(23)32-7/h8-9,12-14,16,20H,10-11H2,1-7H3,(H,28,30)/b22-14+. The van der Waals surface area contributed by atoms with Gasteiger partial charge in [0.1, 0.15) is 17.4 Å². The summed E-state index contributed by atoms with van der Waals surface area (Å²) in [6, 6.07) is 9.22. The lowest BCUT2D eigenvalue weighted by Gasteiger charge is -2.15. The summed E-state index contributed by atoms with van der Waals surface area (Å²) in [6.07, 6.45) is 1.45. The van der Waals surface area contributed by atoms with Crippen molar-refractivity contribution in [3.05, 3.63) is 52.4 Å². The zero-order valence-corrected chi connectivity index (χ0v) is 20.5. The number of nitrogens with one attached hydrogen (secondary N) is 1. The van der Waals surface area contributed by atoms with E-state index in [1.165, 1.54) is 20.1 Å². The number of benzene rings is 1. The Balaban J connectivity index is 2.14. The fourth-order valence-corrected chi connectivity index (χ4v) is 3.43. The summed E-state index contributed by atoms with van der Waals surface area (Å²) in [7, 11) is 1.51. The molecule has 0 bridgehead atoms. The Morgan fingerprint density at radius 1 is 1.18 bits per heavy atom. The molecule has 1 aromatic carbocycles. The summed E-state index contributed by atoms with van der Waals surface area (Å²) in [6.45, 7) is 12.5. The minimum atomic E-state index is -1.10. The third kappa shape index (κ3) is 6.72. The van der Waals surface area contributed by atoms with Crippen LogP contribution in [-0.2, 0) is 20.9 Å². The fourth-order valence-electron chi connectivity index (χ4n) is 3.43. The zero-order valence-electron chi connectivity index (χ0n) is 20.5. The van der Waals surface area contributed by atoms with E-state index in [0.29, 0.717) is 17.4 Å². The van der Waals surface area contributed by atoms with Crippen LogP contribution in [0.4, 0.5) is 5.69 Å². The minimum absolute atomic E-state index is 0.160. The number of carbonyl (C=O) groups excluding carboxylic acids is 2. The van der Waals surface area contributed by atoms with Crippen molar-refractivity contribution in [2.45, 2.75) is 60.6 Å². The molecule has 1 amide bonds. The second-order valence-electron chi connectivity index (χ2n) is 8.57. The number of hydrogen-bond donors (Lipinski definition) is 1. The number of anilines is 1. The van der Waals surface area contributed by atoms with Crippen molar-refractivity contribution in [2.24, 2.45) is 5.92 Å². The van der Waals surface area contributed by atoms with E-state index in [4.69, 9.17) is 9.47 Å². The number of nitrogens with zero attached hydrogens (tertiary/aromatic N) is 2. The summed E-state index contributed by atoms with van der Waals surface area (Å²) >= 11 is 0. The first kappa shape index (κ1) is 25.7. The molecule has 0 saturated heterocycles. The largest absolute Gasteiger partial charge is 0.495 e. The van der Waals surface area contributed by atoms with Crippen LogP contribution < -0.4 is 10.1 Å². The first-order valence-corrected chi connectivity index (χ1v) is 11.0. The number of esters is 1. The van der Waals surface area contributed by atoms with Gasteiger partial charge >= 0.3 is 5.97 Å². The summed E-state index contributed by atoms with van der Waals surface area (Å²) in [5.41, 5.74) is 4.08. The fraction of sp³-hybridized carbons (Fsp3) is 0.423. The van der Waals surface area contributed by atoms with Crippen molar-refractivity contribution in [1.82, 2.24) is 4.57 Å². The number of ether oxygens (including phenoxy) is 2. The smallest absolute Gasteiger partial charge is 0.349 e. The van der Waals surface area contributed by atoms with Crippen molar-refractivity contribution in [3.8, 4) is 11.8 Å². The Bertz CT molecular complexity index is 1090. The normalized spacial score (nSPS) is 12.3. The van der Waals surface area contributed by atoms with Crippen molar-refractivity contribution >= 4 is 23.6 Å². The highest BCUT2D eigenvalue weighted by molar-refractivity contribution is 6.01. The molecule has 1 heterocycles. The second kappa shape index (κ2) is 11.4. The first-order valence-electron chi connectivity index (χ1n) is 11.0. The van der Waals surface area contributed by atoms with Crippen LogP contribution in [0.2, 0.25) is 0 Å². The van der Waals surface area contributed by atoms with E-state index in [9.17, 15) is 14.9 Å². The van der Waals surface area contributed by atoms with E-state index in [1.807, 2.05) is 39.0 Å². The molecule has 0 fully saturated rings. The third-order valence-electron chi connectivity index (χ3n) is 5.45. The number of hydrogen-bond acceptors (Lipinski definition) is 5. The molecule has 7 heteroatoms. The number of methoxy groups -OCH3 is 1. The maximum atomic E-state index is 12.6. The van der Waals surface area contributed by atoms with Gasteiger partial charge in [-0.15, -0.1) is 0 Å². The lowest BCUT2D eigenvalue weighted by atomic mass is 10.1. The van der Waals surface area contributed by atoms with E-state index in [1.54, 1.807) is 12.1 Å². The molecular formula is C26H33N3O4. The van der Waals surface area contributed by atoms with Gasteiger partial charge in [0, 0.05) is 17.9 Å². The summed E-state index contributed by atoms with van der Waals surface area (Å²) < 4.78 is 12.7. The predicted molar refractivity (Wildman–Crippen MR) is 129 cm³/mol. The molecule has 33 heavy (non-hydrogen) atoms. The Kier molecular flexibility index (Phi) is 8.86. The Hall–Kier alpha value is -3.53. The number of carbonyl (C=O) groups is 2. The topological polar surface area (TPSA) is 93.3 Å². The molecule has 1 N–H and O–H groups in total. The van der Waals surface area contributed by atoms with Crippen LogP contribution in [0.1, 0.15) is 49.7 Å². The van der Waals surface area contributed by atoms with Gasteiger partial charge in [0.05, 0.1) is 12.8 Å². The quantitative estimate of drug-likeness (QED) is 0.331. The van der Waals surface area contributed by atoms with E-state index >= 15 is 0 Å². The van der Waals surface area contributed by atoms with Crippen LogP contribution in [0.3, 0.4) is 0 Å². The highest BCUT2D eigenvalue weighted by atomic mass is 16.5. The van der Waals surface area contributed by atoms with Crippen LogP contribution in [0.25, 0.3) is 6.08 Å². The van der Waals surface area contributed by atoms with Crippen LogP contribution >= 0.6 is 0 Å². The number of aromatic nitrogens is 1. The number of amides is 1. The van der Waals surface area contributed by atoms with Crippen LogP contribution in [0.15, 0.2) is 29.8 Å². The average molecular weight is 452 g/mol. The lowest BCUT2D eigenvalue weighted by Crippen LogP contribution is -2.30. The van der Waals surface area contributed by atoms with Crippen LogP contribution in [0, 0.1) is 38.0 Å². The average Bonchev–Trinajstić information content (AvgIpc) is 3.02. The number of rotatable bonds is 9. The molecular weight excluding hydrogens is 418 g/mol. The van der Waals surface area contributed by atoms with Gasteiger partial charge in [0.25, 0.3) is 5.91 Å². The molecule has 2 rings (SSSR count). The molecule has 0 aliphatic rings. The first-order chi connectivity index (χ1) is 15.6. The van der Waals surface area contributed by atoms with Gasteiger partial charge in [0.15, 0.2) is 6.10 Å². The van der Waals surface area contributed by atoms with E-state index in [0.717, 1.165) is 35.5 Å². The Labute approximate surface area is 196 Å². The van der Waals surface area contributed by atoms with Crippen LogP contribution in [0.5, 0.6) is 5.75 Å². The van der Waals surface area contributed by atoms with Gasteiger partial charge in [-0.3, -0.25) is 4.79 Å². The maximum absolute atomic E-state index is 12.6. The summed E-state index contributed by atoms with van der Waals surface area (Å²) in [5.74, 6) is -0.292. The maximum Gasteiger partial charge on any atom is 0.349 e. The van der Waals surface area contributed by atoms with Crippen molar-refractivity contribution < 1.29 is 19.1 Å². The van der Waals surface area contributed by atoms with Gasteiger partial charge in [-0.1, -0.05) is 19.9 Å². The monoisotopic (exact) mass is 451 g/mol. The highest BCUT2D eigenvalue weighted by Gasteiger charge is 2.22. The molecule has 7 nitrogen and oxygen atoms in total. The minimum Gasteiger partial charge on any atom is -0.495 e. The van der Waals surface area contributed by atoms with Gasteiger partial charge in [-0.05, 0) is 75.4 Å². The van der Waals surface area contributed by atoms with Crippen LogP contribution in [-0.4, -0.2) is 29.7 Å². The van der Waals surface area contributed by atoms with Gasteiger partial charge in [-0.2, -0.15) is 5.26 Å². The van der Waals surface area contributed by atoms with Crippen molar-refractivity contribution in [1.29, 1.82) is 5.26 Å². The highest BCUT2D eigenvalue weighted by Crippen LogP contribution is 2.25. The molecule has 0 aliphatic heterocycles. The summed E-state index contributed by atoms with van der Waals surface area (Å²) in [5, 5.41) is 12.3. The second-order valence-corrected chi connectivity index (χ2v) is 8.57. The number of nitriles is 1. The molecule has 0 aliphatic carbocycles. The third-order valence-corrected chi connectivity index (χ3v) is 5.45. The van der Waals surface area contributed by atoms with Gasteiger partial charge in [0.2, 0.25) is 0 Å². The van der Waals surface area contributed by atoms with Crippen molar-refractivity contribution in [3.63, 3.8) is 0 Å². The SMILES string of the molecule is COc1ccc(C)cc1NC(=O)C(C)OC(=O)/C(C#N)=C/c1cc(C)n(CCC(C)C)c1C. The molecule has 0 saturated carbocycles. The molecule has 0 spiro atoms. The predicted octanol–water partition coefficient (Wildman–Crippen LogP) is 4.95. The molecule has 176 valence electrons. The Morgan fingerprint density at radius 3 is 2.48 bits per heavy atom. The summed E-state index contributed by atoms with van der Waals surface area (Å²) in [4.78, 5) is 25.2. The van der Waals surface area contributed by atoms with E-state index < -0.39 is 18.0 Å². The van der Waals surface area contributed by atoms with E-state index in [2.05, 4.69) is 23.7 Å². The zero-order chi connectivity index (χ0) is 24.7. The molecule has 2 aromatic rings. The molecule has 1 aromatic heterocycles.